The molecular formula is C13H27N3O2. The van der Waals surface area contributed by atoms with Crippen LogP contribution in [0.4, 0.5) is 0 Å². The normalized spacial score (nSPS) is 29.1. The van der Waals surface area contributed by atoms with Crippen molar-refractivity contribution < 1.29 is 9.90 Å². The summed E-state index contributed by atoms with van der Waals surface area (Å²) in [7, 11) is 0. The molecular weight excluding hydrogens is 230 g/mol. The van der Waals surface area contributed by atoms with E-state index in [0.29, 0.717) is 6.04 Å². The van der Waals surface area contributed by atoms with E-state index in [1.54, 1.807) is 0 Å². The molecule has 0 aromatic carbocycles. The summed E-state index contributed by atoms with van der Waals surface area (Å²) in [5.74, 6) is -0.0187. The van der Waals surface area contributed by atoms with Crippen LogP contribution in [0, 0.1) is 5.92 Å². The fraction of sp³-hybridized carbons (Fsp3) is 0.923. The molecule has 3 unspecified atom stereocenters. The molecule has 1 amide bonds. The van der Waals surface area contributed by atoms with Crippen LogP contribution >= 0.6 is 0 Å². The Bertz CT molecular complexity index is 276. The van der Waals surface area contributed by atoms with Gasteiger partial charge in [0.05, 0.1) is 6.54 Å². The first-order valence-electron chi connectivity index (χ1n) is 6.73. The molecule has 1 aliphatic rings. The summed E-state index contributed by atoms with van der Waals surface area (Å²) in [5, 5.41) is 15.9. The van der Waals surface area contributed by atoms with Gasteiger partial charge in [0.1, 0.15) is 0 Å². The maximum atomic E-state index is 11.3. The van der Waals surface area contributed by atoms with Crippen LogP contribution in [0.2, 0.25) is 0 Å². The van der Waals surface area contributed by atoms with E-state index in [1.807, 2.05) is 0 Å². The smallest absolute Gasteiger partial charge is 0.233 e. The standard InChI is InChI=1S/C13H27N3O2/c1-13(2,3)16-10-4-5-11(9(6-10)8-17)15-12(18)7-14/h9-11,16-17H,4-8,14H2,1-3H3,(H,15,18). The number of hydrogen-bond acceptors (Lipinski definition) is 4. The van der Waals surface area contributed by atoms with Crippen LogP contribution in [0.1, 0.15) is 40.0 Å². The Morgan fingerprint density at radius 3 is 2.56 bits per heavy atom. The number of hydrogen-bond donors (Lipinski definition) is 4. The maximum Gasteiger partial charge on any atom is 0.233 e. The molecule has 0 spiro atoms. The van der Waals surface area contributed by atoms with Gasteiger partial charge in [-0.3, -0.25) is 4.79 Å². The van der Waals surface area contributed by atoms with Crippen LogP contribution in [0.3, 0.4) is 0 Å². The van der Waals surface area contributed by atoms with E-state index in [1.165, 1.54) is 0 Å². The minimum absolute atomic E-state index is 0.0122. The number of nitrogens with two attached hydrogens (primary N) is 1. The minimum atomic E-state index is -0.138. The Balaban J connectivity index is 2.51. The second-order valence-electron chi connectivity index (χ2n) is 6.23. The van der Waals surface area contributed by atoms with Gasteiger partial charge in [0.25, 0.3) is 0 Å². The highest BCUT2D eigenvalue weighted by atomic mass is 16.3. The Hall–Kier alpha value is -0.650. The molecule has 5 nitrogen and oxygen atoms in total. The third kappa shape index (κ3) is 4.92. The van der Waals surface area contributed by atoms with Crippen molar-refractivity contribution in [2.24, 2.45) is 11.7 Å². The summed E-state index contributed by atoms with van der Waals surface area (Å²) >= 11 is 0. The van der Waals surface area contributed by atoms with Gasteiger partial charge in [-0.15, -0.1) is 0 Å². The zero-order chi connectivity index (χ0) is 13.8. The lowest BCUT2D eigenvalue weighted by molar-refractivity contribution is -0.121. The summed E-state index contributed by atoms with van der Waals surface area (Å²) in [6.45, 7) is 6.55. The number of aliphatic hydroxyl groups is 1. The van der Waals surface area contributed by atoms with Crippen molar-refractivity contribution in [1.29, 1.82) is 0 Å². The van der Waals surface area contributed by atoms with Crippen LogP contribution < -0.4 is 16.4 Å². The van der Waals surface area contributed by atoms with Crippen molar-refractivity contribution in [3.63, 3.8) is 0 Å². The minimum Gasteiger partial charge on any atom is -0.396 e. The van der Waals surface area contributed by atoms with Crippen LogP contribution in [0.15, 0.2) is 0 Å². The van der Waals surface area contributed by atoms with Crippen molar-refractivity contribution in [2.75, 3.05) is 13.2 Å². The van der Waals surface area contributed by atoms with Gasteiger partial charge < -0.3 is 21.5 Å². The number of carbonyl (C=O) groups excluding carboxylic acids is 1. The molecule has 0 saturated heterocycles. The fourth-order valence-electron chi connectivity index (χ4n) is 2.66. The first-order valence-corrected chi connectivity index (χ1v) is 6.73. The molecule has 3 atom stereocenters. The van der Waals surface area contributed by atoms with Gasteiger partial charge in [-0.05, 0) is 40.0 Å². The maximum absolute atomic E-state index is 11.3. The second-order valence-corrected chi connectivity index (χ2v) is 6.23. The zero-order valence-electron chi connectivity index (χ0n) is 11.7. The van der Waals surface area contributed by atoms with Crippen LogP contribution in [-0.4, -0.2) is 41.8 Å². The van der Waals surface area contributed by atoms with Gasteiger partial charge in [0.15, 0.2) is 0 Å². The number of amides is 1. The highest BCUT2D eigenvalue weighted by Gasteiger charge is 2.32. The molecule has 0 aliphatic heterocycles. The highest BCUT2D eigenvalue weighted by Crippen LogP contribution is 2.26. The van der Waals surface area contributed by atoms with Crippen molar-refractivity contribution in [2.45, 2.75) is 57.7 Å². The largest absolute Gasteiger partial charge is 0.396 e. The van der Waals surface area contributed by atoms with Gasteiger partial charge in [-0.25, -0.2) is 0 Å². The van der Waals surface area contributed by atoms with Crippen molar-refractivity contribution in [3.8, 4) is 0 Å². The van der Waals surface area contributed by atoms with Crippen molar-refractivity contribution >= 4 is 5.91 Å². The summed E-state index contributed by atoms with van der Waals surface area (Å²) < 4.78 is 0. The summed E-state index contributed by atoms with van der Waals surface area (Å²) in [6.07, 6.45) is 2.80. The first-order chi connectivity index (χ1) is 8.35. The molecule has 1 rings (SSSR count). The van der Waals surface area contributed by atoms with Crippen LogP contribution in [-0.2, 0) is 4.79 Å². The van der Waals surface area contributed by atoms with Crippen LogP contribution in [0.25, 0.3) is 0 Å². The Kier molecular flexibility index (Phi) is 5.56. The molecule has 18 heavy (non-hydrogen) atoms. The molecule has 0 heterocycles. The van der Waals surface area contributed by atoms with Crippen LogP contribution in [0.5, 0.6) is 0 Å². The van der Waals surface area contributed by atoms with E-state index in [0.717, 1.165) is 19.3 Å². The molecule has 1 fully saturated rings. The molecule has 5 heteroatoms. The predicted octanol–water partition coefficient (Wildman–Crippen LogP) is -0.0210. The molecule has 0 aromatic rings. The van der Waals surface area contributed by atoms with Crippen molar-refractivity contribution in [3.05, 3.63) is 0 Å². The quantitative estimate of drug-likeness (QED) is 0.570. The highest BCUT2D eigenvalue weighted by molar-refractivity contribution is 5.78. The number of carbonyl (C=O) groups is 1. The number of rotatable bonds is 4. The average molecular weight is 257 g/mol. The van der Waals surface area contributed by atoms with E-state index in [-0.39, 0.29) is 36.6 Å². The van der Waals surface area contributed by atoms with E-state index in [4.69, 9.17) is 5.73 Å². The SMILES string of the molecule is CC(C)(C)NC1CCC(NC(=O)CN)C(CO)C1. The van der Waals surface area contributed by atoms with E-state index in [2.05, 4.69) is 31.4 Å². The first kappa shape index (κ1) is 15.4. The van der Waals surface area contributed by atoms with E-state index in [9.17, 15) is 9.90 Å². The Morgan fingerprint density at radius 2 is 2.06 bits per heavy atom. The lowest BCUT2D eigenvalue weighted by atomic mass is 9.81. The lowest BCUT2D eigenvalue weighted by Crippen LogP contribution is -2.53. The summed E-state index contributed by atoms with van der Waals surface area (Å²) in [6, 6.07) is 0.470. The summed E-state index contributed by atoms with van der Waals surface area (Å²) in [5.41, 5.74) is 5.38. The zero-order valence-corrected chi connectivity index (χ0v) is 11.7. The Labute approximate surface area is 110 Å². The van der Waals surface area contributed by atoms with Gasteiger partial charge in [-0.1, -0.05) is 0 Å². The number of nitrogens with one attached hydrogen (secondary N) is 2. The molecule has 0 bridgehead atoms. The predicted molar refractivity (Wildman–Crippen MR) is 72.1 cm³/mol. The molecule has 1 aliphatic carbocycles. The van der Waals surface area contributed by atoms with E-state index >= 15 is 0 Å². The van der Waals surface area contributed by atoms with Gasteiger partial charge >= 0.3 is 0 Å². The lowest BCUT2D eigenvalue weighted by Gasteiger charge is -2.39. The molecule has 0 aromatic heterocycles. The molecule has 5 N–H and O–H groups in total. The summed E-state index contributed by atoms with van der Waals surface area (Å²) in [4.78, 5) is 11.3. The third-order valence-electron chi connectivity index (χ3n) is 3.39. The fourth-order valence-corrected chi connectivity index (χ4v) is 2.66. The molecule has 1 saturated carbocycles. The van der Waals surface area contributed by atoms with Gasteiger partial charge in [0, 0.05) is 30.1 Å². The third-order valence-corrected chi connectivity index (χ3v) is 3.39. The van der Waals surface area contributed by atoms with Crippen molar-refractivity contribution in [1.82, 2.24) is 10.6 Å². The number of aliphatic hydroxyl groups excluding tert-OH is 1. The average Bonchev–Trinajstić information content (AvgIpc) is 2.28. The second kappa shape index (κ2) is 6.50. The Morgan fingerprint density at radius 1 is 1.39 bits per heavy atom. The van der Waals surface area contributed by atoms with Gasteiger partial charge in [0.2, 0.25) is 5.91 Å². The topological polar surface area (TPSA) is 87.4 Å². The van der Waals surface area contributed by atoms with Gasteiger partial charge in [-0.2, -0.15) is 0 Å². The monoisotopic (exact) mass is 257 g/mol. The molecule has 106 valence electrons. The van der Waals surface area contributed by atoms with E-state index < -0.39 is 0 Å². The molecule has 0 radical (unpaired) electrons.